The number of aromatic nitrogens is 5. The van der Waals surface area contributed by atoms with Gasteiger partial charge in [0.05, 0.1) is 0 Å². The van der Waals surface area contributed by atoms with Crippen LogP contribution in [0.4, 0.5) is 5.95 Å². The summed E-state index contributed by atoms with van der Waals surface area (Å²) in [5.74, 6) is 0.989. The minimum Gasteiger partial charge on any atom is -0.424 e. The molecular weight excluding hydrogens is 336 g/mol. The zero-order valence-electron chi connectivity index (χ0n) is 11.1. The van der Waals surface area contributed by atoms with Gasteiger partial charge in [-0.15, -0.1) is 0 Å². The van der Waals surface area contributed by atoms with Crippen molar-refractivity contribution in [1.29, 1.82) is 0 Å². The van der Waals surface area contributed by atoms with Crippen molar-refractivity contribution in [2.24, 2.45) is 0 Å². The van der Waals surface area contributed by atoms with Crippen molar-refractivity contribution in [2.45, 2.75) is 6.92 Å². The summed E-state index contributed by atoms with van der Waals surface area (Å²) in [7, 11) is 0. The van der Waals surface area contributed by atoms with Gasteiger partial charge in [-0.2, -0.15) is 20.1 Å². The molecule has 0 saturated heterocycles. The Hall–Kier alpha value is -2.48. The normalized spacial score (nSPS) is 10.6. The molecule has 7 nitrogen and oxygen atoms in total. The van der Waals surface area contributed by atoms with E-state index in [1.165, 1.54) is 4.68 Å². The highest BCUT2D eigenvalue weighted by molar-refractivity contribution is 9.10. The Balaban J connectivity index is 1.93. The van der Waals surface area contributed by atoms with Crippen LogP contribution in [0.3, 0.4) is 0 Å². The van der Waals surface area contributed by atoms with E-state index in [0.29, 0.717) is 11.7 Å². The van der Waals surface area contributed by atoms with Crippen molar-refractivity contribution in [3.05, 3.63) is 46.7 Å². The molecule has 2 heterocycles. The molecule has 3 rings (SSSR count). The first-order valence-corrected chi connectivity index (χ1v) is 6.87. The first kappa shape index (κ1) is 13.5. The van der Waals surface area contributed by atoms with Gasteiger partial charge in [0.15, 0.2) is 0 Å². The van der Waals surface area contributed by atoms with Crippen LogP contribution in [-0.2, 0) is 0 Å². The fraction of sp³-hybridized carbons (Fsp3) is 0.0769. The lowest BCUT2D eigenvalue weighted by molar-refractivity contribution is 0.438. The van der Waals surface area contributed by atoms with E-state index in [9.17, 15) is 0 Å². The van der Waals surface area contributed by atoms with Crippen molar-refractivity contribution in [2.75, 3.05) is 5.73 Å². The molecule has 21 heavy (non-hydrogen) atoms. The van der Waals surface area contributed by atoms with Gasteiger partial charge in [-0.05, 0) is 36.8 Å². The number of nitrogens with two attached hydrogens (primary N) is 1. The van der Waals surface area contributed by atoms with Crippen molar-refractivity contribution in [1.82, 2.24) is 24.7 Å². The van der Waals surface area contributed by atoms with Gasteiger partial charge in [0.1, 0.15) is 5.75 Å². The molecule has 0 bridgehead atoms. The van der Waals surface area contributed by atoms with Crippen molar-refractivity contribution in [3.8, 4) is 17.7 Å². The number of rotatable bonds is 3. The van der Waals surface area contributed by atoms with E-state index in [1.807, 2.05) is 25.1 Å². The average Bonchev–Trinajstić information content (AvgIpc) is 2.96. The van der Waals surface area contributed by atoms with Crippen LogP contribution in [0.5, 0.6) is 11.8 Å². The second kappa shape index (κ2) is 5.49. The van der Waals surface area contributed by atoms with E-state index in [-0.39, 0.29) is 12.0 Å². The van der Waals surface area contributed by atoms with Crippen LogP contribution in [0.25, 0.3) is 5.95 Å². The van der Waals surface area contributed by atoms with Crippen molar-refractivity contribution in [3.63, 3.8) is 0 Å². The monoisotopic (exact) mass is 346 g/mol. The van der Waals surface area contributed by atoms with Gasteiger partial charge in [-0.3, -0.25) is 0 Å². The lowest BCUT2D eigenvalue weighted by Gasteiger charge is -2.07. The van der Waals surface area contributed by atoms with Gasteiger partial charge in [0.25, 0.3) is 5.95 Å². The third-order valence-electron chi connectivity index (χ3n) is 2.67. The maximum Gasteiger partial charge on any atom is 0.328 e. The molecule has 0 aliphatic rings. The molecular formula is C13H11BrN6O. The molecule has 2 N–H and O–H groups in total. The number of nitrogen functional groups attached to an aromatic ring is 1. The zero-order valence-corrected chi connectivity index (χ0v) is 12.6. The summed E-state index contributed by atoms with van der Waals surface area (Å²) in [5.41, 5.74) is 6.73. The molecule has 0 aliphatic heterocycles. The zero-order chi connectivity index (χ0) is 14.8. The van der Waals surface area contributed by atoms with Gasteiger partial charge in [-0.1, -0.05) is 15.9 Å². The van der Waals surface area contributed by atoms with Crippen molar-refractivity contribution < 1.29 is 4.74 Å². The van der Waals surface area contributed by atoms with E-state index in [1.54, 1.807) is 18.5 Å². The second-order valence-corrected chi connectivity index (χ2v) is 5.09. The third kappa shape index (κ3) is 3.00. The van der Waals surface area contributed by atoms with Crippen LogP contribution in [0.1, 0.15) is 5.56 Å². The Labute approximate surface area is 128 Å². The quantitative estimate of drug-likeness (QED) is 0.783. The van der Waals surface area contributed by atoms with Crippen LogP contribution < -0.4 is 10.5 Å². The second-order valence-electron chi connectivity index (χ2n) is 4.24. The fourth-order valence-corrected chi connectivity index (χ4v) is 1.93. The molecule has 2 aromatic heterocycles. The number of ether oxygens (including phenoxy) is 1. The molecule has 0 saturated carbocycles. The molecule has 0 unspecified atom stereocenters. The van der Waals surface area contributed by atoms with Crippen LogP contribution in [0.2, 0.25) is 0 Å². The van der Waals surface area contributed by atoms with Gasteiger partial charge in [0.2, 0.25) is 5.95 Å². The number of benzene rings is 1. The largest absolute Gasteiger partial charge is 0.424 e. The Morgan fingerprint density at radius 3 is 2.81 bits per heavy atom. The van der Waals surface area contributed by atoms with E-state index < -0.39 is 0 Å². The molecule has 0 spiro atoms. The average molecular weight is 347 g/mol. The van der Waals surface area contributed by atoms with Gasteiger partial charge >= 0.3 is 6.01 Å². The number of anilines is 1. The summed E-state index contributed by atoms with van der Waals surface area (Å²) in [6.07, 6.45) is 3.33. The van der Waals surface area contributed by atoms with E-state index >= 15 is 0 Å². The minimum absolute atomic E-state index is 0.0688. The lowest BCUT2D eigenvalue weighted by Crippen LogP contribution is -2.07. The predicted molar refractivity (Wildman–Crippen MR) is 80.3 cm³/mol. The molecule has 0 atom stereocenters. The van der Waals surface area contributed by atoms with Gasteiger partial charge in [0, 0.05) is 16.9 Å². The Kier molecular flexibility index (Phi) is 3.53. The summed E-state index contributed by atoms with van der Waals surface area (Å²) in [6.45, 7) is 1.97. The highest BCUT2D eigenvalue weighted by Crippen LogP contribution is 2.24. The number of nitrogens with zero attached hydrogens (tertiary/aromatic N) is 5. The number of aryl methyl sites for hydroxylation is 1. The standard InChI is InChI=1S/C13H11BrN6O/c1-8-7-9(3-4-10(8)14)21-13-18-11(15)17-12(19-13)20-6-2-5-16-20/h2-7H,1H3,(H2,15,17,18,19). The van der Waals surface area contributed by atoms with Crippen molar-refractivity contribution >= 4 is 21.9 Å². The molecule has 3 aromatic rings. The summed E-state index contributed by atoms with van der Waals surface area (Å²) in [4.78, 5) is 12.2. The van der Waals surface area contributed by atoms with E-state index in [4.69, 9.17) is 10.5 Å². The number of hydrogen-bond donors (Lipinski definition) is 1. The highest BCUT2D eigenvalue weighted by atomic mass is 79.9. The Morgan fingerprint density at radius 2 is 2.10 bits per heavy atom. The maximum atomic E-state index is 5.68. The van der Waals surface area contributed by atoms with Crippen LogP contribution in [0, 0.1) is 6.92 Å². The van der Waals surface area contributed by atoms with Crippen LogP contribution in [0.15, 0.2) is 41.1 Å². The lowest BCUT2D eigenvalue weighted by atomic mass is 10.2. The molecule has 106 valence electrons. The first-order chi connectivity index (χ1) is 10.1. The van der Waals surface area contributed by atoms with E-state index in [2.05, 4.69) is 36.0 Å². The molecule has 0 amide bonds. The summed E-state index contributed by atoms with van der Waals surface area (Å²) in [5, 5.41) is 4.05. The van der Waals surface area contributed by atoms with Crippen LogP contribution >= 0.6 is 15.9 Å². The van der Waals surface area contributed by atoms with Gasteiger partial charge < -0.3 is 10.5 Å². The predicted octanol–water partition coefficient (Wildman–Crippen LogP) is 2.50. The third-order valence-corrected chi connectivity index (χ3v) is 3.56. The summed E-state index contributed by atoms with van der Waals surface area (Å²) in [6, 6.07) is 7.46. The molecule has 0 fully saturated rings. The molecule has 0 aliphatic carbocycles. The number of halogens is 1. The highest BCUT2D eigenvalue weighted by Gasteiger charge is 2.09. The van der Waals surface area contributed by atoms with E-state index in [0.717, 1.165) is 10.0 Å². The molecule has 8 heteroatoms. The van der Waals surface area contributed by atoms with Gasteiger partial charge in [-0.25, -0.2) is 4.68 Å². The Morgan fingerprint density at radius 1 is 1.24 bits per heavy atom. The van der Waals surface area contributed by atoms with Crippen LogP contribution in [-0.4, -0.2) is 24.7 Å². The fourth-order valence-electron chi connectivity index (χ4n) is 1.68. The maximum absolute atomic E-state index is 5.68. The minimum atomic E-state index is 0.0688. The molecule has 0 radical (unpaired) electrons. The SMILES string of the molecule is Cc1cc(Oc2nc(N)nc(-n3cccn3)n2)ccc1Br. The topological polar surface area (TPSA) is 91.7 Å². The smallest absolute Gasteiger partial charge is 0.328 e. The number of hydrogen-bond acceptors (Lipinski definition) is 6. The molecule has 1 aromatic carbocycles. The Bertz CT molecular complexity index is 774. The first-order valence-electron chi connectivity index (χ1n) is 6.07. The summed E-state index contributed by atoms with van der Waals surface area (Å²) >= 11 is 3.44. The summed E-state index contributed by atoms with van der Waals surface area (Å²) < 4.78 is 8.12.